The molecule has 1 saturated heterocycles. The summed E-state index contributed by atoms with van der Waals surface area (Å²) in [5.74, 6) is 0.109. The summed E-state index contributed by atoms with van der Waals surface area (Å²) in [4.78, 5) is 11.9. The van der Waals surface area contributed by atoms with Crippen molar-refractivity contribution in [3.8, 4) is 0 Å². The molecular weight excluding hydrogens is 248 g/mol. The lowest BCUT2D eigenvalue weighted by Gasteiger charge is -2.12. The van der Waals surface area contributed by atoms with E-state index >= 15 is 0 Å². The van der Waals surface area contributed by atoms with Gasteiger partial charge in [0.05, 0.1) is 0 Å². The Kier molecular flexibility index (Phi) is 5.63. The highest BCUT2D eigenvalue weighted by Crippen LogP contribution is 2.17. The number of hydrogen-bond donors (Lipinski definition) is 2. The van der Waals surface area contributed by atoms with Crippen LogP contribution in [-0.4, -0.2) is 18.5 Å². The van der Waals surface area contributed by atoms with E-state index in [1.165, 1.54) is 12.0 Å². The van der Waals surface area contributed by atoms with Gasteiger partial charge in [-0.15, -0.1) is 12.4 Å². The molecule has 1 fully saturated rings. The maximum absolute atomic E-state index is 11.9. The van der Waals surface area contributed by atoms with Crippen molar-refractivity contribution in [2.75, 3.05) is 11.9 Å². The van der Waals surface area contributed by atoms with Gasteiger partial charge in [-0.3, -0.25) is 4.79 Å². The van der Waals surface area contributed by atoms with E-state index in [1.54, 1.807) is 0 Å². The number of aryl methyl sites for hydroxylation is 2. The number of carbonyl (C=O) groups excluding carboxylic acids is 1. The van der Waals surface area contributed by atoms with Crippen LogP contribution in [0.5, 0.6) is 0 Å². The molecule has 0 bridgehead atoms. The molecule has 1 aromatic rings. The van der Waals surface area contributed by atoms with E-state index in [4.69, 9.17) is 0 Å². The van der Waals surface area contributed by atoms with Crippen molar-refractivity contribution in [1.82, 2.24) is 5.32 Å². The van der Waals surface area contributed by atoms with E-state index in [0.717, 1.165) is 24.2 Å². The molecule has 2 rings (SSSR count). The van der Waals surface area contributed by atoms with Gasteiger partial charge in [0.25, 0.3) is 0 Å². The molecule has 0 spiro atoms. The highest BCUT2D eigenvalue weighted by molar-refractivity contribution is 5.92. The Bertz CT molecular complexity index is 414. The summed E-state index contributed by atoms with van der Waals surface area (Å²) in [6, 6.07) is 6.48. The third kappa shape index (κ3) is 4.00. The third-order valence-corrected chi connectivity index (χ3v) is 3.26. The average molecular weight is 269 g/mol. The van der Waals surface area contributed by atoms with Crippen molar-refractivity contribution in [2.45, 2.75) is 39.2 Å². The Morgan fingerprint density at radius 3 is 2.89 bits per heavy atom. The molecule has 1 heterocycles. The fraction of sp³-hybridized carbons (Fsp3) is 0.500. The van der Waals surface area contributed by atoms with E-state index in [-0.39, 0.29) is 18.3 Å². The van der Waals surface area contributed by atoms with Crippen LogP contribution in [0.2, 0.25) is 0 Å². The molecule has 1 aliphatic heterocycles. The Hall–Kier alpha value is -1.06. The minimum Gasteiger partial charge on any atom is -0.326 e. The van der Waals surface area contributed by atoms with Crippen molar-refractivity contribution in [3.63, 3.8) is 0 Å². The molecule has 1 aromatic carbocycles. The number of hydrogen-bond acceptors (Lipinski definition) is 2. The summed E-state index contributed by atoms with van der Waals surface area (Å²) in [5, 5.41) is 6.34. The minimum absolute atomic E-state index is 0. The van der Waals surface area contributed by atoms with Gasteiger partial charge in [-0.25, -0.2) is 0 Å². The second kappa shape index (κ2) is 6.76. The summed E-state index contributed by atoms with van der Waals surface area (Å²) in [6.45, 7) is 5.10. The van der Waals surface area contributed by atoms with Gasteiger partial charge >= 0.3 is 0 Å². The van der Waals surface area contributed by atoms with Gasteiger partial charge in [-0.1, -0.05) is 12.1 Å². The molecule has 0 saturated carbocycles. The number of amides is 1. The Balaban J connectivity index is 0.00000162. The van der Waals surface area contributed by atoms with Crippen LogP contribution in [0.4, 0.5) is 5.69 Å². The molecule has 1 unspecified atom stereocenters. The van der Waals surface area contributed by atoms with Gasteiger partial charge in [0.15, 0.2) is 0 Å². The predicted octanol–water partition coefficient (Wildman–Crippen LogP) is 2.81. The summed E-state index contributed by atoms with van der Waals surface area (Å²) in [6.07, 6.45) is 2.87. The lowest BCUT2D eigenvalue weighted by molar-refractivity contribution is -0.116. The predicted molar refractivity (Wildman–Crippen MR) is 77.4 cm³/mol. The summed E-state index contributed by atoms with van der Waals surface area (Å²) in [5.41, 5.74) is 3.22. The number of carbonyl (C=O) groups is 1. The van der Waals surface area contributed by atoms with Gasteiger partial charge in [0.2, 0.25) is 5.91 Å². The lowest BCUT2D eigenvalue weighted by atomic mass is 10.1. The molecule has 18 heavy (non-hydrogen) atoms. The molecule has 100 valence electrons. The van der Waals surface area contributed by atoms with Gasteiger partial charge in [-0.05, 0) is 50.4 Å². The Labute approximate surface area is 115 Å². The molecule has 1 aliphatic rings. The number of benzene rings is 1. The molecule has 0 aliphatic carbocycles. The van der Waals surface area contributed by atoms with Crippen molar-refractivity contribution < 1.29 is 4.79 Å². The summed E-state index contributed by atoms with van der Waals surface area (Å²) in [7, 11) is 0. The quantitative estimate of drug-likeness (QED) is 0.885. The zero-order chi connectivity index (χ0) is 12.3. The van der Waals surface area contributed by atoms with Gasteiger partial charge in [-0.2, -0.15) is 0 Å². The third-order valence-electron chi connectivity index (χ3n) is 3.26. The fourth-order valence-corrected chi connectivity index (χ4v) is 2.23. The molecule has 2 N–H and O–H groups in total. The summed E-state index contributed by atoms with van der Waals surface area (Å²) < 4.78 is 0. The van der Waals surface area contributed by atoms with Crippen LogP contribution < -0.4 is 10.6 Å². The van der Waals surface area contributed by atoms with E-state index in [2.05, 4.69) is 16.7 Å². The first-order valence-corrected chi connectivity index (χ1v) is 6.25. The number of nitrogens with one attached hydrogen (secondary N) is 2. The van der Waals surface area contributed by atoms with Crippen molar-refractivity contribution in [3.05, 3.63) is 29.3 Å². The second-order valence-electron chi connectivity index (χ2n) is 4.86. The van der Waals surface area contributed by atoms with Gasteiger partial charge in [0, 0.05) is 18.2 Å². The van der Waals surface area contributed by atoms with Crippen LogP contribution in [0.15, 0.2) is 18.2 Å². The van der Waals surface area contributed by atoms with E-state index in [9.17, 15) is 4.79 Å². The molecule has 1 atom stereocenters. The SMILES string of the molecule is Cc1ccc(C)c(NC(=O)CC2CCCN2)c1.Cl. The van der Waals surface area contributed by atoms with Crippen LogP contribution in [0.1, 0.15) is 30.4 Å². The highest BCUT2D eigenvalue weighted by Gasteiger charge is 2.17. The zero-order valence-electron chi connectivity index (χ0n) is 11.0. The average Bonchev–Trinajstić information content (AvgIpc) is 2.76. The fourth-order valence-electron chi connectivity index (χ4n) is 2.23. The number of anilines is 1. The highest BCUT2D eigenvalue weighted by atomic mass is 35.5. The summed E-state index contributed by atoms with van der Waals surface area (Å²) >= 11 is 0. The van der Waals surface area contributed by atoms with Crippen molar-refractivity contribution in [2.24, 2.45) is 0 Å². The normalized spacial score (nSPS) is 18.2. The topological polar surface area (TPSA) is 41.1 Å². The number of rotatable bonds is 3. The van der Waals surface area contributed by atoms with Crippen LogP contribution in [0, 0.1) is 13.8 Å². The molecule has 0 aromatic heterocycles. The van der Waals surface area contributed by atoms with E-state index < -0.39 is 0 Å². The van der Waals surface area contributed by atoms with Crippen LogP contribution in [0.3, 0.4) is 0 Å². The maximum atomic E-state index is 11.9. The minimum atomic E-state index is 0. The molecule has 3 nitrogen and oxygen atoms in total. The first-order valence-electron chi connectivity index (χ1n) is 6.25. The van der Waals surface area contributed by atoms with Crippen molar-refractivity contribution in [1.29, 1.82) is 0 Å². The first-order chi connectivity index (χ1) is 8.15. The monoisotopic (exact) mass is 268 g/mol. The van der Waals surface area contributed by atoms with E-state index in [0.29, 0.717) is 12.5 Å². The largest absolute Gasteiger partial charge is 0.326 e. The van der Waals surface area contributed by atoms with Gasteiger partial charge < -0.3 is 10.6 Å². The Morgan fingerprint density at radius 2 is 2.22 bits per heavy atom. The maximum Gasteiger partial charge on any atom is 0.225 e. The standard InChI is InChI=1S/C14H20N2O.ClH/c1-10-5-6-11(2)13(8-10)16-14(17)9-12-4-3-7-15-12;/h5-6,8,12,15H,3-4,7,9H2,1-2H3,(H,16,17);1H. The smallest absolute Gasteiger partial charge is 0.225 e. The second-order valence-corrected chi connectivity index (χ2v) is 4.86. The van der Waals surface area contributed by atoms with Crippen LogP contribution >= 0.6 is 12.4 Å². The first kappa shape index (κ1) is 15.0. The Morgan fingerprint density at radius 1 is 1.44 bits per heavy atom. The zero-order valence-corrected chi connectivity index (χ0v) is 11.8. The molecule has 0 radical (unpaired) electrons. The van der Waals surface area contributed by atoms with Gasteiger partial charge in [0.1, 0.15) is 0 Å². The molecule has 1 amide bonds. The lowest BCUT2D eigenvalue weighted by Crippen LogP contribution is -2.27. The van der Waals surface area contributed by atoms with Crippen LogP contribution in [0.25, 0.3) is 0 Å². The number of halogens is 1. The molecule has 4 heteroatoms. The molecular formula is C14H21ClN2O. The van der Waals surface area contributed by atoms with Crippen LogP contribution in [-0.2, 0) is 4.79 Å². The van der Waals surface area contributed by atoms with E-state index in [1.807, 2.05) is 26.0 Å². The van der Waals surface area contributed by atoms with Crippen molar-refractivity contribution >= 4 is 24.0 Å².